The van der Waals surface area contributed by atoms with Crippen LogP contribution in [0.2, 0.25) is 0 Å². The first-order valence-electron chi connectivity index (χ1n) is 10.6. The molecule has 7 nitrogen and oxygen atoms in total. The highest BCUT2D eigenvalue weighted by molar-refractivity contribution is 5.83. The van der Waals surface area contributed by atoms with Crippen molar-refractivity contribution in [1.29, 1.82) is 0 Å². The summed E-state index contributed by atoms with van der Waals surface area (Å²) in [4.78, 5) is 35.4. The Labute approximate surface area is 180 Å². The molecule has 2 aliphatic rings. The van der Waals surface area contributed by atoms with E-state index in [-0.39, 0.29) is 25.0 Å². The van der Waals surface area contributed by atoms with E-state index < -0.39 is 24.5 Å². The molecule has 0 heterocycles. The summed E-state index contributed by atoms with van der Waals surface area (Å²) in [6, 6.07) is 16.2. The number of hydrogen-bond donors (Lipinski definition) is 3. The molecular formula is C24H26N2O5. The van der Waals surface area contributed by atoms with Crippen molar-refractivity contribution >= 4 is 18.0 Å². The number of alkyl carbamates (subject to hydrolysis) is 1. The summed E-state index contributed by atoms with van der Waals surface area (Å²) >= 11 is 0. The largest absolute Gasteiger partial charge is 0.480 e. The van der Waals surface area contributed by atoms with E-state index in [0.717, 1.165) is 35.1 Å². The maximum Gasteiger partial charge on any atom is 0.407 e. The highest BCUT2D eigenvalue weighted by Gasteiger charge is 2.31. The summed E-state index contributed by atoms with van der Waals surface area (Å²) in [6.07, 6.45) is 2.19. The van der Waals surface area contributed by atoms with Gasteiger partial charge in [0.1, 0.15) is 13.2 Å². The number of carboxylic acid groups (broad SMARTS) is 1. The minimum atomic E-state index is -1.09. The molecule has 3 N–H and O–H groups in total. The van der Waals surface area contributed by atoms with Gasteiger partial charge in [0.25, 0.3) is 0 Å². The van der Waals surface area contributed by atoms with Gasteiger partial charge in [-0.2, -0.15) is 0 Å². The summed E-state index contributed by atoms with van der Waals surface area (Å²) < 4.78 is 5.51. The molecule has 0 radical (unpaired) electrons. The van der Waals surface area contributed by atoms with Gasteiger partial charge in [-0.1, -0.05) is 61.4 Å². The zero-order valence-electron chi connectivity index (χ0n) is 17.2. The number of rotatable bonds is 9. The van der Waals surface area contributed by atoms with E-state index in [1.165, 1.54) is 0 Å². The zero-order chi connectivity index (χ0) is 21.8. The third-order valence-corrected chi connectivity index (χ3v) is 5.94. The number of carboxylic acids is 1. The molecule has 1 atom stereocenters. The molecule has 162 valence electrons. The summed E-state index contributed by atoms with van der Waals surface area (Å²) in [7, 11) is 0. The van der Waals surface area contributed by atoms with Crippen LogP contribution in [0.25, 0.3) is 11.1 Å². The van der Waals surface area contributed by atoms with Gasteiger partial charge in [0.05, 0.1) is 5.92 Å². The fraction of sp³-hybridized carbons (Fsp3) is 0.375. The van der Waals surface area contributed by atoms with E-state index in [2.05, 4.69) is 34.9 Å². The van der Waals surface area contributed by atoms with Gasteiger partial charge in [0.2, 0.25) is 5.91 Å². The van der Waals surface area contributed by atoms with E-state index in [9.17, 15) is 14.4 Å². The van der Waals surface area contributed by atoms with E-state index in [4.69, 9.17) is 9.84 Å². The first kappa shape index (κ1) is 20.9. The van der Waals surface area contributed by atoms with Gasteiger partial charge in [0.15, 0.2) is 0 Å². The van der Waals surface area contributed by atoms with Crippen LogP contribution in [0.3, 0.4) is 0 Å². The molecule has 1 fully saturated rings. The number of hydrogen-bond acceptors (Lipinski definition) is 4. The Balaban J connectivity index is 1.33. The van der Waals surface area contributed by atoms with Crippen LogP contribution in [-0.2, 0) is 14.3 Å². The SMILES string of the molecule is O=C(O)CNC(=O)C(CNC(=O)OCC1c2ccccc2-c2ccccc21)CC1CC1. The summed E-state index contributed by atoms with van der Waals surface area (Å²) in [5.74, 6) is -1.48. The van der Waals surface area contributed by atoms with Crippen molar-refractivity contribution in [3.05, 3.63) is 59.7 Å². The van der Waals surface area contributed by atoms with Crippen LogP contribution < -0.4 is 10.6 Å². The summed E-state index contributed by atoms with van der Waals surface area (Å²) in [5, 5.41) is 13.9. The maximum absolute atomic E-state index is 12.4. The van der Waals surface area contributed by atoms with Gasteiger partial charge in [-0.25, -0.2) is 4.79 Å². The summed E-state index contributed by atoms with van der Waals surface area (Å²) in [6.45, 7) is -0.0953. The number of amides is 2. The van der Waals surface area contributed by atoms with Crippen molar-refractivity contribution in [3.63, 3.8) is 0 Å². The molecule has 1 unspecified atom stereocenters. The molecule has 2 amide bonds. The Morgan fingerprint density at radius 2 is 1.58 bits per heavy atom. The molecule has 4 rings (SSSR count). The van der Waals surface area contributed by atoms with Gasteiger partial charge in [-0.05, 0) is 34.6 Å². The number of nitrogens with one attached hydrogen (secondary N) is 2. The van der Waals surface area contributed by atoms with Crippen LogP contribution in [0.4, 0.5) is 4.79 Å². The molecule has 0 bridgehead atoms. The topological polar surface area (TPSA) is 105 Å². The number of aliphatic carboxylic acids is 1. The number of fused-ring (bicyclic) bond motifs is 3. The molecule has 31 heavy (non-hydrogen) atoms. The lowest BCUT2D eigenvalue weighted by atomic mass is 9.98. The van der Waals surface area contributed by atoms with Crippen LogP contribution >= 0.6 is 0 Å². The fourth-order valence-electron chi connectivity index (χ4n) is 4.20. The molecule has 0 saturated heterocycles. The van der Waals surface area contributed by atoms with E-state index >= 15 is 0 Å². The number of benzene rings is 2. The van der Waals surface area contributed by atoms with Crippen molar-refractivity contribution in [3.8, 4) is 11.1 Å². The average molecular weight is 422 g/mol. The molecule has 2 aromatic rings. The van der Waals surface area contributed by atoms with Gasteiger partial charge in [-0.15, -0.1) is 0 Å². The lowest BCUT2D eigenvalue weighted by Crippen LogP contribution is -2.41. The highest BCUT2D eigenvalue weighted by Crippen LogP contribution is 2.44. The Bertz CT molecular complexity index is 940. The maximum atomic E-state index is 12.4. The molecule has 1 saturated carbocycles. The molecule has 0 spiro atoms. The molecule has 2 aliphatic carbocycles. The zero-order valence-corrected chi connectivity index (χ0v) is 17.2. The second-order valence-corrected chi connectivity index (χ2v) is 8.19. The minimum Gasteiger partial charge on any atom is -0.480 e. The lowest BCUT2D eigenvalue weighted by Gasteiger charge is -2.18. The fourth-order valence-corrected chi connectivity index (χ4v) is 4.20. The van der Waals surface area contributed by atoms with Crippen LogP contribution in [0.5, 0.6) is 0 Å². The monoisotopic (exact) mass is 422 g/mol. The standard InChI is InChI=1S/C24H26N2O5/c27-22(28)13-25-23(29)16(11-15-9-10-15)12-26-24(30)31-14-21-19-7-3-1-5-17(19)18-6-2-4-8-20(18)21/h1-8,15-16,21H,9-14H2,(H,25,29)(H,26,30)(H,27,28). The quantitative estimate of drug-likeness (QED) is 0.576. The van der Waals surface area contributed by atoms with Crippen molar-refractivity contribution in [2.45, 2.75) is 25.2 Å². The summed E-state index contributed by atoms with van der Waals surface area (Å²) in [5.41, 5.74) is 4.59. The second-order valence-electron chi connectivity index (χ2n) is 8.19. The van der Waals surface area contributed by atoms with Gasteiger partial charge < -0.3 is 20.5 Å². The van der Waals surface area contributed by atoms with Gasteiger partial charge >= 0.3 is 12.1 Å². The van der Waals surface area contributed by atoms with Crippen LogP contribution in [0, 0.1) is 11.8 Å². The molecule has 7 heteroatoms. The van der Waals surface area contributed by atoms with Crippen molar-refractivity contribution in [2.24, 2.45) is 11.8 Å². The number of carbonyl (C=O) groups is 3. The van der Waals surface area contributed by atoms with Gasteiger partial charge in [-0.3, -0.25) is 9.59 Å². The van der Waals surface area contributed by atoms with Gasteiger partial charge in [0, 0.05) is 12.5 Å². The van der Waals surface area contributed by atoms with Crippen LogP contribution in [0.15, 0.2) is 48.5 Å². The first-order chi connectivity index (χ1) is 15.0. The van der Waals surface area contributed by atoms with Crippen molar-refractivity contribution in [2.75, 3.05) is 19.7 Å². The predicted molar refractivity (Wildman–Crippen MR) is 115 cm³/mol. The van der Waals surface area contributed by atoms with Crippen molar-refractivity contribution in [1.82, 2.24) is 10.6 Å². The Kier molecular flexibility index (Phi) is 6.21. The van der Waals surface area contributed by atoms with Crippen LogP contribution in [0.1, 0.15) is 36.3 Å². The van der Waals surface area contributed by atoms with Crippen LogP contribution in [-0.4, -0.2) is 42.8 Å². The number of ether oxygens (including phenoxy) is 1. The highest BCUT2D eigenvalue weighted by atomic mass is 16.5. The lowest BCUT2D eigenvalue weighted by molar-refractivity contribution is -0.138. The Hall–Kier alpha value is -3.35. The normalized spacial score (nSPS) is 15.5. The van der Waals surface area contributed by atoms with E-state index in [0.29, 0.717) is 12.3 Å². The third kappa shape index (κ3) is 5.05. The average Bonchev–Trinajstić information content (AvgIpc) is 3.54. The molecular weight excluding hydrogens is 396 g/mol. The molecule has 0 aliphatic heterocycles. The van der Waals surface area contributed by atoms with E-state index in [1.807, 2.05) is 24.3 Å². The first-order valence-corrected chi connectivity index (χ1v) is 10.6. The van der Waals surface area contributed by atoms with E-state index in [1.54, 1.807) is 0 Å². The Morgan fingerprint density at radius 3 is 2.16 bits per heavy atom. The molecule has 0 aromatic heterocycles. The number of carbonyl (C=O) groups excluding carboxylic acids is 2. The Morgan fingerprint density at radius 1 is 0.968 bits per heavy atom. The third-order valence-electron chi connectivity index (χ3n) is 5.94. The minimum absolute atomic E-state index is 0.0284. The van der Waals surface area contributed by atoms with Crippen molar-refractivity contribution < 1.29 is 24.2 Å². The molecule has 2 aromatic carbocycles. The predicted octanol–water partition coefficient (Wildman–Crippen LogP) is 3.14. The second kappa shape index (κ2) is 9.20. The smallest absolute Gasteiger partial charge is 0.407 e.